The van der Waals surface area contributed by atoms with Crippen LogP contribution in [0.15, 0.2) is 12.7 Å². The molecule has 0 bridgehead atoms. The van der Waals surface area contributed by atoms with Crippen LogP contribution in [0.4, 0.5) is 0 Å². The highest BCUT2D eigenvalue weighted by atomic mass is 15.0. The van der Waals surface area contributed by atoms with Crippen LogP contribution in [0, 0.1) is 0 Å². The smallest absolute Gasteiger partial charge is 0.122 e. The highest BCUT2D eigenvalue weighted by Crippen LogP contribution is 2.07. The summed E-state index contributed by atoms with van der Waals surface area (Å²) in [5, 5.41) is 0. The van der Waals surface area contributed by atoms with Gasteiger partial charge in [0.25, 0.3) is 0 Å². The first kappa shape index (κ1) is 12.7. The van der Waals surface area contributed by atoms with Gasteiger partial charge < -0.3 is 0 Å². The van der Waals surface area contributed by atoms with Gasteiger partial charge in [-0.1, -0.05) is 25.3 Å². The third-order valence-electron chi connectivity index (χ3n) is 2.26. The Bertz CT molecular complexity index is 108. The number of allylic oxidation sites excluding steroid dienone is 1. The lowest BCUT2D eigenvalue weighted by molar-refractivity contribution is 0.507. The van der Waals surface area contributed by atoms with Gasteiger partial charge in [0.1, 0.15) is 20.6 Å². The number of hydrogen-bond donors (Lipinski definition) is 0. The molecule has 0 aliphatic heterocycles. The maximum absolute atomic E-state index is 3.72. The van der Waals surface area contributed by atoms with E-state index in [-0.39, 0.29) is 0 Å². The minimum atomic E-state index is 1.19. The molecule has 0 fully saturated rings. The Kier molecular flexibility index (Phi) is 9.56. The maximum atomic E-state index is 3.72. The van der Waals surface area contributed by atoms with E-state index in [0.29, 0.717) is 0 Å². The van der Waals surface area contributed by atoms with E-state index in [9.17, 15) is 0 Å². The van der Waals surface area contributed by atoms with Crippen LogP contribution in [0.5, 0.6) is 0 Å². The Hall–Kier alpha value is -0.300. The standard InChI is InChI=1S/C12H25N/c1-4-5-6-7-8-9-10-11-12-13(2)3/h4H,1,5-12H2,2-3H3/q+1. The average molecular weight is 183 g/mol. The van der Waals surface area contributed by atoms with Crippen LogP contribution < -0.4 is 4.90 Å². The van der Waals surface area contributed by atoms with Crippen LogP contribution in [0.1, 0.15) is 44.9 Å². The largest absolute Gasteiger partial charge is 0.175 e. The average Bonchev–Trinajstić information content (AvgIpc) is 2.09. The van der Waals surface area contributed by atoms with Crippen molar-refractivity contribution < 1.29 is 0 Å². The Balaban J connectivity index is 2.87. The molecule has 1 radical (unpaired) electrons. The van der Waals surface area contributed by atoms with Gasteiger partial charge >= 0.3 is 0 Å². The van der Waals surface area contributed by atoms with Gasteiger partial charge in [0.2, 0.25) is 0 Å². The third-order valence-corrected chi connectivity index (χ3v) is 2.26. The minimum absolute atomic E-state index is 1.19. The van der Waals surface area contributed by atoms with Crippen molar-refractivity contribution >= 4 is 0 Å². The van der Waals surface area contributed by atoms with Gasteiger partial charge in [-0.05, 0) is 19.3 Å². The Morgan fingerprint density at radius 2 is 1.46 bits per heavy atom. The summed E-state index contributed by atoms with van der Waals surface area (Å²) in [7, 11) is 4.29. The second-order valence-electron chi connectivity index (χ2n) is 4.00. The molecule has 0 saturated carbocycles. The predicted octanol–water partition coefficient (Wildman–Crippen LogP) is 3.30. The van der Waals surface area contributed by atoms with Crippen molar-refractivity contribution in [2.24, 2.45) is 0 Å². The highest BCUT2D eigenvalue weighted by Gasteiger charge is 1.97. The zero-order valence-electron chi connectivity index (χ0n) is 9.39. The molecule has 0 spiro atoms. The molecule has 0 aromatic rings. The van der Waals surface area contributed by atoms with Crippen molar-refractivity contribution in [3.63, 3.8) is 0 Å². The van der Waals surface area contributed by atoms with E-state index in [1.165, 1.54) is 51.5 Å². The molecular formula is C12H25N+. The quantitative estimate of drug-likeness (QED) is 0.294. The molecule has 0 rings (SSSR count). The van der Waals surface area contributed by atoms with Gasteiger partial charge in [0.05, 0.1) is 0 Å². The molecule has 13 heavy (non-hydrogen) atoms. The Labute approximate surface area is 83.8 Å². The molecule has 0 N–H and O–H groups in total. The lowest BCUT2D eigenvalue weighted by Gasteiger charge is -2.01. The Morgan fingerprint density at radius 1 is 0.923 bits per heavy atom. The van der Waals surface area contributed by atoms with Crippen molar-refractivity contribution in [3.05, 3.63) is 12.7 Å². The van der Waals surface area contributed by atoms with Gasteiger partial charge in [0, 0.05) is 6.42 Å². The van der Waals surface area contributed by atoms with E-state index in [2.05, 4.69) is 25.6 Å². The van der Waals surface area contributed by atoms with Crippen LogP contribution >= 0.6 is 0 Å². The molecule has 77 valence electrons. The summed E-state index contributed by atoms with van der Waals surface area (Å²) < 4.78 is 0. The fourth-order valence-corrected chi connectivity index (χ4v) is 1.42. The number of unbranched alkanes of at least 4 members (excludes halogenated alkanes) is 6. The van der Waals surface area contributed by atoms with Crippen LogP contribution in [0.3, 0.4) is 0 Å². The first-order valence-electron chi connectivity index (χ1n) is 5.53. The molecule has 0 aromatic carbocycles. The molecule has 0 atom stereocenters. The molecule has 0 saturated heterocycles. The topological polar surface area (TPSA) is 5.90 Å². The second kappa shape index (κ2) is 9.79. The zero-order valence-corrected chi connectivity index (χ0v) is 9.39. The van der Waals surface area contributed by atoms with Gasteiger partial charge in [-0.3, -0.25) is 0 Å². The van der Waals surface area contributed by atoms with Crippen LogP contribution in [0.2, 0.25) is 0 Å². The Morgan fingerprint density at radius 3 is 2.00 bits per heavy atom. The van der Waals surface area contributed by atoms with Gasteiger partial charge in [-0.2, -0.15) is 4.90 Å². The highest BCUT2D eigenvalue weighted by molar-refractivity contribution is 4.65. The number of nitrogens with zero attached hydrogens (tertiary/aromatic N) is 1. The fraction of sp³-hybridized carbons (Fsp3) is 0.833. The maximum Gasteiger partial charge on any atom is 0.122 e. The number of hydrogen-bond acceptors (Lipinski definition) is 1. The van der Waals surface area contributed by atoms with Crippen molar-refractivity contribution in [2.75, 3.05) is 20.6 Å². The summed E-state index contributed by atoms with van der Waals surface area (Å²) >= 11 is 0. The lowest BCUT2D eigenvalue weighted by atomic mass is 10.1. The predicted molar refractivity (Wildman–Crippen MR) is 61.4 cm³/mol. The van der Waals surface area contributed by atoms with Crippen LogP contribution in [-0.4, -0.2) is 20.6 Å². The summed E-state index contributed by atoms with van der Waals surface area (Å²) in [6.07, 6.45) is 11.5. The van der Waals surface area contributed by atoms with E-state index in [4.69, 9.17) is 0 Å². The van der Waals surface area contributed by atoms with E-state index in [1.54, 1.807) is 0 Å². The molecule has 1 heteroatoms. The SMILES string of the molecule is C=CCCCCCCCC[N+](C)C. The summed E-state index contributed by atoms with van der Waals surface area (Å²) in [4.78, 5) is 2.26. The van der Waals surface area contributed by atoms with Crippen molar-refractivity contribution in [1.82, 2.24) is 4.90 Å². The molecule has 0 heterocycles. The minimum Gasteiger partial charge on any atom is -0.175 e. The zero-order chi connectivity index (χ0) is 9.94. The molecule has 0 unspecified atom stereocenters. The molecule has 0 amide bonds. The molecular weight excluding hydrogens is 158 g/mol. The fourth-order valence-electron chi connectivity index (χ4n) is 1.42. The third kappa shape index (κ3) is 11.7. The van der Waals surface area contributed by atoms with Crippen LogP contribution in [0.25, 0.3) is 0 Å². The molecule has 1 nitrogen and oxygen atoms in total. The van der Waals surface area contributed by atoms with E-state index in [1.807, 2.05) is 6.08 Å². The molecule has 0 aromatic heterocycles. The van der Waals surface area contributed by atoms with Gasteiger partial charge in [-0.25, -0.2) is 0 Å². The van der Waals surface area contributed by atoms with Gasteiger partial charge in [-0.15, -0.1) is 6.58 Å². The van der Waals surface area contributed by atoms with E-state index in [0.717, 1.165) is 0 Å². The second-order valence-corrected chi connectivity index (χ2v) is 4.00. The van der Waals surface area contributed by atoms with Crippen molar-refractivity contribution in [2.45, 2.75) is 44.9 Å². The summed E-state index contributed by atoms with van der Waals surface area (Å²) in [5.74, 6) is 0. The number of rotatable bonds is 9. The first-order valence-corrected chi connectivity index (χ1v) is 5.53. The first-order chi connectivity index (χ1) is 6.27. The van der Waals surface area contributed by atoms with Gasteiger partial charge in [0.15, 0.2) is 0 Å². The van der Waals surface area contributed by atoms with Crippen molar-refractivity contribution in [1.29, 1.82) is 0 Å². The van der Waals surface area contributed by atoms with E-state index < -0.39 is 0 Å². The summed E-state index contributed by atoms with van der Waals surface area (Å²) in [6, 6.07) is 0. The normalized spacial score (nSPS) is 10.7. The summed E-state index contributed by atoms with van der Waals surface area (Å²) in [5.41, 5.74) is 0. The molecule has 0 aliphatic rings. The van der Waals surface area contributed by atoms with E-state index >= 15 is 0 Å². The summed E-state index contributed by atoms with van der Waals surface area (Å²) in [6.45, 7) is 4.96. The van der Waals surface area contributed by atoms with Crippen molar-refractivity contribution in [3.8, 4) is 0 Å². The van der Waals surface area contributed by atoms with Crippen LogP contribution in [-0.2, 0) is 0 Å². The monoisotopic (exact) mass is 183 g/mol. The molecule has 0 aliphatic carbocycles. The lowest BCUT2D eigenvalue weighted by Crippen LogP contribution is -2.19.